The summed E-state index contributed by atoms with van der Waals surface area (Å²) in [6, 6.07) is 8.66. The van der Waals surface area contributed by atoms with Crippen LogP contribution in [0.2, 0.25) is 0 Å². The number of aryl methyl sites for hydroxylation is 1. The first-order valence-corrected chi connectivity index (χ1v) is 9.46. The molecule has 0 atom stereocenters. The first-order valence-electron chi connectivity index (χ1n) is 6.62. The third-order valence-electron chi connectivity index (χ3n) is 3.12. The van der Waals surface area contributed by atoms with Gasteiger partial charge in [0.1, 0.15) is 0 Å². The average Bonchev–Trinajstić information content (AvgIpc) is 2.38. The Hall–Kier alpha value is -0.533. The summed E-state index contributed by atoms with van der Waals surface area (Å²) in [5.74, 6) is 0. The van der Waals surface area contributed by atoms with E-state index in [9.17, 15) is 0 Å². The van der Waals surface area contributed by atoms with E-state index in [4.69, 9.17) is 11.1 Å². The van der Waals surface area contributed by atoms with Gasteiger partial charge in [0.25, 0.3) is 0 Å². The molecule has 0 aliphatic rings. The summed E-state index contributed by atoms with van der Waals surface area (Å²) in [6.45, 7) is 3.74. The van der Waals surface area contributed by atoms with Crippen molar-refractivity contribution in [1.29, 1.82) is 0 Å². The van der Waals surface area contributed by atoms with Gasteiger partial charge in [-0.1, -0.05) is 49.6 Å². The predicted octanol–water partition coefficient (Wildman–Crippen LogP) is 3.70. The molecule has 1 aromatic carbocycles. The van der Waals surface area contributed by atoms with Gasteiger partial charge in [-0.15, -0.1) is 6.58 Å². The number of hydrogen-bond donors (Lipinski definition) is 0. The second-order valence-electron chi connectivity index (χ2n) is 4.50. The van der Waals surface area contributed by atoms with Crippen LogP contribution in [0.1, 0.15) is 44.1 Å². The second-order valence-corrected chi connectivity index (χ2v) is 6.33. The molecule has 0 spiro atoms. The molecule has 94 valence electrons. The molecule has 0 nitrogen and oxygen atoms in total. The standard InChI is InChI=1S/C15H23ClSi/c1-2-3-4-5-6-7-8-11-14-12-9-10-13-15(14)17-16/h2,9-10,12-13H,1,3-8,11,17H2. The second kappa shape index (κ2) is 9.49. The fourth-order valence-electron chi connectivity index (χ4n) is 2.07. The van der Waals surface area contributed by atoms with Crippen molar-refractivity contribution in [1.82, 2.24) is 0 Å². The Kier molecular flexibility index (Phi) is 8.11. The van der Waals surface area contributed by atoms with Crippen LogP contribution in [-0.4, -0.2) is 8.83 Å². The Bertz CT molecular complexity index is 322. The van der Waals surface area contributed by atoms with E-state index in [0.29, 0.717) is 0 Å². The molecule has 1 aromatic rings. The minimum absolute atomic E-state index is 0.527. The molecule has 0 bridgehead atoms. The average molecular weight is 267 g/mol. The highest BCUT2D eigenvalue weighted by molar-refractivity contribution is 7.01. The van der Waals surface area contributed by atoms with E-state index >= 15 is 0 Å². The van der Waals surface area contributed by atoms with Gasteiger partial charge in [0.2, 0.25) is 0 Å². The maximum absolute atomic E-state index is 6.06. The number of benzene rings is 1. The van der Waals surface area contributed by atoms with Crippen molar-refractivity contribution < 1.29 is 0 Å². The summed E-state index contributed by atoms with van der Waals surface area (Å²) in [7, 11) is -0.527. The lowest BCUT2D eigenvalue weighted by molar-refractivity contribution is 0.618. The van der Waals surface area contributed by atoms with Crippen molar-refractivity contribution >= 4 is 25.1 Å². The van der Waals surface area contributed by atoms with E-state index in [1.54, 1.807) is 0 Å². The minimum Gasteiger partial charge on any atom is -0.170 e. The molecule has 0 aliphatic carbocycles. The normalized spacial score (nSPS) is 11.1. The van der Waals surface area contributed by atoms with Crippen LogP contribution >= 0.6 is 11.1 Å². The zero-order valence-corrected chi connectivity index (χ0v) is 12.8. The van der Waals surface area contributed by atoms with Crippen molar-refractivity contribution in [3.63, 3.8) is 0 Å². The van der Waals surface area contributed by atoms with Crippen molar-refractivity contribution in [3.8, 4) is 0 Å². The van der Waals surface area contributed by atoms with Crippen LogP contribution in [0.4, 0.5) is 0 Å². The summed E-state index contributed by atoms with van der Waals surface area (Å²) in [6.07, 6.45) is 11.0. The molecular formula is C15H23ClSi. The van der Waals surface area contributed by atoms with E-state index in [-0.39, 0.29) is 0 Å². The molecule has 0 saturated heterocycles. The Labute approximate surface area is 113 Å². The molecule has 0 heterocycles. The maximum atomic E-state index is 6.06. The highest BCUT2D eigenvalue weighted by atomic mass is 35.6. The summed E-state index contributed by atoms with van der Waals surface area (Å²) in [4.78, 5) is 0. The third kappa shape index (κ3) is 6.09. The lowest BCUT2D eigenvalue weighted by Crippen LogP contribution is -2.14. The number of hydrogen-bond acceptors (Lipinski definition) is 0. The third-order valence-corrected chi connectivity index (χ3v) is 4.96. The minimum atomic E-state index is -0.527. The van der Waals surface area contributed by atoms with Gasteiger partial charge in [-0.3, -0.25) is 0 Å². The maximum Gasteiger partial charge on any atom is 0.156 e. The predicted molar refractivity (Wildman–Crippen MR) is 82.1 cm³/mol. The quantitative estimate of drug-likeness (QED) is 0.277. The summed E-state index contributed by atoms with van der Waals surface area (Å²) < 4.78 is 0. The van der Waals surface area contributed by atoms with Crippen molar-refractivity contribution in [2.45, 2.75) is 44.9 Å². The molecular weight excluding hydrogens is 244 g/mol. The zero-order chi connectivity index (χ0) is 12.3. The molecule has 0 aromatic heterocycles. The van der Waals surface area contributed by atoms with Gasteiger partial charge in [0.15, 0.2) is 8.83 Å². The Balaban J connectivity index is 2.15. The van der Waals surface area contributed by atoms with Crippen LogP contribution in [0.3, 0.4) is 0 Å². The number of allylic oxidation sites excluding steroid dienone is 1. The lowest BCUT2D eigenvalue weighted by Gasteiger charge is -2.06. The van der Waals surface area contributed by atoms with Crippen LogP contribution in [0.5, 0.6) is 0 Å². The van der Waals surface area contributed by atoms with Gasteiger partial charge in [-0.05, 0) is 36.4 Å². The molecule has 0 N–H and O–H groups in total. The first-order chi connectivity index (χ1) is 8.38. The topological polar surface area (TPSA) is 0 Å². The van der Waals surface area contributed by atoms with E-state index < -0.39 is 8.83 Å². The molecule has 17 heavy (non-hydrogen) atoms. The van der Waals surface area contributed by atoms with Gasteiger partial charge in [-0.2, -0.15) is 11.1 Å². The molecule has 1 rings (SSSR count). The Morgan fingerprint density at radius 2 is 1.76 bits per heavy atom. The fraction of sp³-hybridized carbons (Fsp3) is 0.467. The Morgan fingerprint density at radius 3 is 2.53 bits per heavy atom. The van der Waals surface area contributed by atoms with E-state index in [1.165, 1.54) is 55.7 Å². The molecule has 0 fully saturated rings. The molecule has 2 heteroatoms. The highest BCUT2D eigenvalue weighted by Gasteiger charge is 2.00. The SMILES string of the molecule is C=CCCCCCCCc1ccccc1[SiH2]Cl. The molecule has 0 amide bonds. The van der Waals surface area contributed by atoms with Gasteiger partial charge in [0, 0.05) is 0 Å². The van der Waals surface area contributed by atoms with Gasteiger partial charge < -0.3 is 0 Å². The van der Waals surface area contributed by atoms with Gasteiger partial charge in [-0.25, -0.2) is 0 Å². The van der Waals surface area contributed by atoms with Crippen molar-refractivity contribution in [2.75, 3.05) is 0 Å². The van der Waals surface area contributed by atoms with Crippen LogP contribution in [0, 0.1) is 0 Å². The summed E-state index contributed by atoms with van der Waals surface area (Å²) in [5, 5.41) is 1.43. The number of unbranched alkanes of at least 4 members (excludes halogenated alkanes) is 5. The smallest absolute Gasteiger partial charge is 0.156 e. The van der Waals surface area contributed by atoms with Crippen LogP contribution in [0.25, 0.3) is 0 Å². The first kappa shape index (κ1) is 14.5. The van der Waals surface area contributed by atoms with Crippen LogP contribution in [0.15, 0.2) is 36.9 Å². The number of halogens is 1. The fourth-order valence-corrected chi connectivity index (χ4v) is 3.54. The summed E-state index contributed by atoms with van der Waals surface area (Å²) in [5.41, 5.74) is 1.49. The van der Waals surface area contributed by atoms with Crippen molar-refractivity contribution in [2.24, 2.45) is 0 Å². The number of rotatable bonds is 9. The van der Waals surface area contributed by atoms with Gasteiger partial charge in [0.05, 0.1) is 0 Å². The van der Waals surface area contributed by atoms with Gasteiger partial charge >= 0.3 is 0 Å². The van der Waals surface area contributed by atoms with Crippen LogP contribution in [-0.2, 0) is 6.42 Å². The molecule has 0 radical (unpaired) electrons. The van der Waals surface area contributed by atoms with E-state index in [1.807, 2.05) is 6.08 Å². The van der Waals surface area contributed by atoms with Crippen LogP contribution < -0.4 is 5.19 Å². The Morgan fingerprint density at radius 1 is 1.06 bits per heavy atom. The molecule has 0 aliphatic heterocycles. The highest BCUT2D eigenvalue weighted by Crippen LogP contribution is 2.09. The monoisotopic (exact) mass is 266 g/mol. The van der Waals surface area contributed by atoms with E-state index in [2.05, 4.69) is 30.8 Å². The van der Waals surface area contributed by atoms with Crippen molar-refractivity contribution in [3.05, 3.63) is 42.5 Å². The molecule has 0 saturated carbocycles. The largest absolute Gasteiger partial charge is 0.170 e. The molecule has 0 unspecified atom stereocenters. The van der Waals surface area contributed by atoms with E-state index in [0.717, 1.165) is 0 Å². The zero-order valence-electron chi connectivity index (χ0n) is 10.6. The lowest BCUT2D eigenvalue weighted by atomic mass is 10.0. The summed E-state index contributed by atoms with van der Waals surface area (Å²) >= 11 is 6.06.